The number of anilines is 1. The van der Waals surface area contributed by atoms with Gasteiger partial charge in [-0.3, -0.25) is 0 Å². The first-order chi connectivity index (χ1) is 7.56. The van der Waals surface area contributed by atoms with Crippen LogP contribution in [-0.4, -0.2) is 17.6 Å². The fourth-order valence-corrected chi connectivity index (χ4v) is 2.40. The molecule has 16 heavy (non-hydrogen) atoms. The van der Waals surface area contributed by atoms with Crippen molar-refractivity contribution in [3.63, 3.8) is 0 Å². The van der Waals surface area contributed by atoms with Gasteiger partial charge in [-0.05, 0) is 44.0 Å². The number of oxime groups is 1. The summed E-state index contributed by atoms with van der Waals surface area (Å²) in [6.07, 6.45) is 0. The molecular weight excluding hydrogens is 338 g/mol. The van der Waals surface area contributed by atoms with Crippen LogP contribution in [0.25, 0.3) is 0 Å². The van der Waals surface area contributed by atoms with E-state index >= 15 is 0 Å². The molecule has 4 nitrogen and oxygen atoms in total. The molecule has 1 unspecified atom stereocenters. The van der Waals surface area contributed by atoms with Gasteiger partial charge < -0.3 is 16.3 Å². The summed E-state index contributed by atoms with van der Waals surface area (Å²) in [6, 6.07) is 5.83. The van der Waals surface area contributed by atoms with Gasteiger partial charge >= 0.3 is 0 Å². The van der Waals surface area contributed by atoms with Gasteiger partial charge in [-0.2, -0.15) is 0 Å². The zero-order valence-corrected chi connectivity index (χ0v) is 11.9. The maximum atomic E-state index is 8.53. The molecule has 0 aliphatic heterocycles. The fourth-order valence-electron chi connectivity index (χ4n) is 1.12. The highest BCUT2D eigenvalue weighted by Gasteiger charge is 2.09. The Morgan fingerprint density at radius 1 is 1.50 bits per heavy atom. The fraction of sp³-hybridized carbons (Fsp3) is 0.300. The monoisotopic (exact) mass is 349 g/mol. The average Bonchev–Trinajstić information content (AvgIpc) is 2.27. The minimum Gasteiger partial charge on any atom is -0.409 e. The summed E-state index contributed by atoms with van der Waals surface area (Å²) in [5.74, 6) is 0.180. The van der Waals surface area contributed by atoms with Gasteiger partial charge in [0.1, 0.15) is 5.84 Å². The minimum atomic E-state index is -0.0380. The Hall–Kier alpha value is -0.750. The smallest absolute Gasteiger partial charge is 0.143 e. The Labute approximate surface area is 111 Å². The lowest BCUT2D eigenvalue weighted by Gasteiger charge is -2.14. The Balaban J connectivity index is 2.68. The van der Waals surface area contributed by atoms with Crippen LogP contribution in [-0.2, 0) is 0 Å². The molecule has 1 aromatic rings. The molecule has 0 aliphatic carbocycles. The van der Waals surface area contributed by atoms with E-state index in [1.807, 2.05) is 25.1 Å². The summed E-state index contributed by atoms with van der Waals surface area (Å²) < 4.78 is 1.93. The maximum absolute atomic E-state index is 8.53. The normalized spacial score (nSPS) is 13.6. The van der Waals surface area contributed by atoms with Crippen LogP contribution in [0.2, 0.25) is 0 Å². The quantitative estimate of drug-likeness (QED) is 0.338. The van der Waals surface area contributed by atoms with Gasteiger partial charge in [0.25, 0.3) is 0 Å². The highest BCUT2D eigenvalue weighted by Crippen LogP contribution is 2.30. The number of amidine groups is 1. The van der Waals surface area contributed by atoms with Crippen LogP contribution in [0.1, 0.15) is 6.92 Å². The van der Waals surface area contributed by atoms with Gasteiger partial charge in [0.05, 0.1) is 5.69 Å². The number of nitrogens with one attached hydrogen (secondary N) is 1. The zero-order chi connectivity index (χ0) is 12.1. The first kappa shape index (κ1) is 13.3. The third-order valence-corrected chi connectivity index (χ3v) is 3.49. The lowest BCUT2D eigenvalue weighted by molar-refractivity contribution is 0.315. The predicted octanol–water partition coefficient (Wildman–Crippen LogP) is 3.01. The molecule has 6 heteroatoms. The van der Waals surface area contributed by atoms with Crippen molar-refractivity contribution in [2.45, 2.75) is 6.92 Å². The highest BCUT2D eigenvalue weighted by atomic mass is 79.9. The van der Waals surface area contributed by atoms with Crippen molar-refractivity contribution >= 4 is 43.4 Å². The molecule has 0 spiro atoms. The van der Waals surface area contributed by atoms with Crippen molar-refractivity contribution in [2.75, 3.05) is 11.9 Å². The lowest BCUT2D eigenvalue weighted by Crippen LogP contribution is -2.27. The molecule has 0 saturated carbocycles. The third kappa shape index (κ3) is 3.38. The molecular formula is C10H13Br2N3O. The van der Waals surface area contributed by atoms with Crippen molar-refractivity contribution < 1.29 is 5.21 Å². The number of para-hydroxylation sites is 1. The average molecular weight is 351 g/mol. The molecule has 1 atom stereocenters. The van der Waals surface area contributed by atoms with E-state index in [4.69, 9.17) is 10.9 Å². The van der Waals surface area contributed by atoms with Crippen LogP contribution in [0.4, 0.5) is 5.69 Å². The van der Waals surface area contributed by atoms with Gasteiger partial charge in [-0.1, -0.05) is 18.1 Å². The van der Waals surface area contributed by atoms with E-state index in [2.05, 4.69) is 42.3 Å². The molecule has 88 valence electrons. The van der Waals surface area contributed by atoms with Crippen LogP contribution < -0.4 is 11.1 Å². The SMILES string of the molecule is CC(CNc1c(Br)cccc1Br)/C(N)=N/O. The second-order valence-electron chi connectivity index (χ2n) is 3.40. The second kappa shape index (κ2) is 6.10. The molecule has 4 N–H and O–H groups in total. The van der Waals surface area contributed by atoms with Crippen LogP contribution in [0.3, 0.4) is 0 Å². The van der Waals surface area contributed by atoms with Gasteiger partial charge in [-0.25, -0.2) is 0 Å². The third-order valence-electron chi connectivity index (χ3n) is 2.17. The van der Waals surface area contributed by atoms with E-state index in [1.54, 1.807) is 0 Å². The number of rotatable bonds is 4. The molecule has 0 fully saturated rings. The number of nitrogens with two attached hydrogens (primary N) is 1. The summed E-state index contributed by atoms with van der Waals surface area (Å²) in [4.78, 5) is 0. The summed E-state index contributed by atoms with van der Waals surface area (Å²) in [6.45, 7) is 2.48. The second-order valence-corrected chi connectivity index (χ2v) is 5.11. The Morgan fingerprint density at radius 2 is 2.06 bits per heavy atom. The minimum absolute atomic E-state index is 0.0380. The molecule has 0 radical (unpaired) electrons. The van der Waals surface area contributed by atoms with Crippen molar-refractivity contribution in [2.24, 2.45) is 16.8 Å². The molecule has 0 aliphatic rings. The van der Waals surface area contributed by atoms with Crippen LogP contribution in [0.15, 0.2) is 32.3 Å². The number of benzene rings is 1. The molecule has 1 rings (SSSR count). The summed E-state index contributed by atoms with van der Waals surface area (Å²) in [7, 11) is 0. The summed E-state index contributed by atoms with van der Waals surface area (Å²) >= 11 is 6.90. The van der Waals surface area contributed by atoms with E-state index in [0.29, 0.717) is 6.54 Å². The van der Waals surface area contributed by atoms with Crippen LogP contribution >= 0.6 is 31.9 Å². The number of hydrogen-bond acceptors (Lipinski definition) is 3. The lowest BCUT2D eigenvalue weighted by atomic mass is 10.1. The molecule has 1 aromatic carbocycles. The topological polar surface area (TPSA) is 70.6 Å². The first-order valence-electron chi connectivity index (χ1n) is 4.71. The predicted molar refractivity (Wildman–Crippen MR) is 72.9 cm³/mol. The number of nitrogens with zero attached hydrogens (tertiary/aromatic N) is 1. The number of halogens is 2. The van der Waals surface area contributed by atoms with Gasteiger partial charge in [0.15, 0.2) is 0 Å². The van der Waals surface area contributed by atoms with Crippen LogP contribution in [0, 0.1) is 5.92 Å². The van der Waals surface area contributed by atoms with Crippen LogP contribution in [0.5, 0.6) is 0 Å². The number of hydrogen-bond donors (Lipinski definition) is 3. The first-order valence-corrected chi connectivity index (χ1v) is 6.30. The molecule has 0 amide bonds. The van der Waals surface area contributed by atoms with Crippen molar-refractivity contribution in [1.29, 1.82) is 0 Å². The van der Waals surface area contributed by atoms with Gasteiger partial charge in [-0.15, -0.1) is 0 Å². The van der Waals surface area contributed by atoms with E-state index in [9.17, 15) is 0 Å². The van der Waals surface area contributed by atoms with Crippen molar-refractivity contribution in [3.8, 4) is 0 Å². The van der Waals surface area contributed by atoms with Gasteiger partial charge in [0.2, 0.25) is 0 Å². The Kier molecular flexibility index (Phi) is 5.08. The van der Waals surface area contributed by atoms with Gasteiger partial charge in [0, 0.05) is 21.4 Å². The maximum Gasteiger partial charge on any atom is 0.143 e. The molecule has 0 bridgehead atoms. The van der Waals surface area contributed by atoms with Crippen molar-refractivity contribution in [1.82, 2.24) is 0 Å². The molecule has 0 saturated heterocycles. The summed E-state index contributed by atoms with van der Waals surface area (Å²) in [5.41, 5.74) is 6.45. The Morgan fingerprint density at radius 3 is 2.56 bits per heavy atom. The van der Waals surface area contributed by atoms with E-state index in [0.717, 1.165) is 14.6 Å². The largest absolute Gasteiger partial charge is 0.409 e. The van der Waals surface area contributed by atoms with E-state index in [1.165, 1.54) is 0 Å². The highest BCUT2D eigenvalue weighted by molar-refractivity contribution is 9.11. The summed E-state index contributed by atoms with van der Waals surface area (Å²) in [5, 5.41) is 14.7. The standard InChI is InChI=1S/C10H13Br2N3O/c1-6(10(13)15-16)5-14-9-7(11)3-2-4-8(9)12/h2-4,6,14,16H,5H2,1H3,(H2,13,15). The van der Waals surface area contributed by atoms with E-state index < -0.39 is 0 Å². The molecule has 0 heterocycles. The Bertz CT molecular complexity index is 375. The van der Waals surface area contributed by atoms with Crippen molar-refractivity contribution in [3.05, 3.63) is 27.1 Å². The zero-order valence-electron chi connectivity index (χ0n) is 8.74. The molecule has 0 aromatic heterocycles. The van der Waals surface area contributed by atoms with E-state index in [-0.39, 0.29) is 11.8 Å².